The highest BCUT2D eigenvalue weighted by Crippen LogP contribution is 2.28. The number of carboxylic acid groups (broad SMARTS) is 1. The number of hydrogen-bond acceptors (Lipinski definition) is 5. The predicted octanol–water partition coefficient (Wildman–Crippen LogP) is 4.59. The van der Waals surface area contributed by atoms with Crippen molar-refractivity contribution in [3.05, 3.63) is 99.6 Å². The van der Waals surface area contributed by atoms with E-state index >= 15 is 0 Å². The Morgan fingerprint density at radius 3 is 2.49 bits per heavy atom. The molecule has 4 amide bonds. The van der Waals surface area contributed by atoms with Crippen LogP contribution in [0.5, 0.6) is 5.75 Å². The van der Waals surface area contributed by atoms with E-state index in [0.717, 1.165) is 16.0 Å². The van der Waals surface area contributed by atoms with Crippen molar-refractivity contribution in [1.29, 1.82) is 0 Å². The second kappa shape index (κ2) is 9.82. The van der Waals surface area contributed by atoms with Gasteiger partial charge in [-0.15, -0.1) is 0 Å². The molecular formula is C26H19ClN2O6. The first-order valence-electron chi connectivity index (χ1n) is 10.5. The van der Waals surface area contributed by atoms with Gasteiger partial charge in [-0.3, -0.25) is 14.9 Å². The Bertz CT molecular complexity index is 1380. The fourth-order valence-electron chi connectivity index (χ4n) is 3.45. The predicted molar refractivity (Wildman–Crippen MR) is 129 cm³/mol. The molecule has 0 radical (unpaired) electrons. The van der Waals surface area contributed by atoms with Crippen LogP contribution in [0.1, 0.15) is 27.0 Å². The summed E-state index contributed by atoms with van der Waals surface area (Å²) in [5.41, 5.74) is 1.60. The van der Waals surface area contributed by atoms with Crippen molar-refractivity contribution in [2.45, 2.75) is 13.5 Å². The molecule has 1 saturated heterocycles. The van der Waals surface area contributed by atoms with Gasteiger partial charge in [0, 0.05) is 5.02 Å². The van der Waals surface area contributed by atoms with Crippen LogP contribution in [0.4, 0.5) is 10.5 Å². The maximum Gasteiger partial charge on any atom is 0.339 e. The molecule has 4 rings (SSSR count). The molecule has 0 spiro atoms. The standard InChI is InChI=1S/C26H19ClN2O6/c1-15-7-9-18(13-21(15)27)29-24(31)20(23(30)28-26(29)34)12-17-8-10-22(19(11-17)25(32)33)35-14-16-5-3-2-4-6-16/h2-13H,14H2,1H3,(H,32,33)(H,28,30,34)/b20-12-. The molecule has 0 aliphatic carbocycles. The summed E-state index contributed by atoms with van der Waals surface area (Å²) in [6, 6.07) is 17.2. The molecule has 0 saturated carbocycles. The van der Waals surface area contributed by atoms with Crippen molar-refractivity contribution >= 4 is 47.2 Å². The number of carbonyl (C=O) groups is 4. The SMILES string of the molecule is Cc1ccc(N2C(=O)NC(=O)/C(=C/c3ccc(OCc4ccccc4)c(C(=O)O)c3)C2=O)cc1Cl. The topological polar surface area (TPSA) is 113 Å². The van der Waals surface area contributed by atoms with Crippen LogP contribution >= 0.6 is 11.6 Å². The van der Waals surface area contributed by atoms with Gasteiger partial charge in [0.1, 0.15) is 23.5 Å². The summed E-state index contributed by atoms with van der Waals surface area (Å²) >= 11 is 6.13. The van der Waals surface area contributed by atoms with Crippen LogP contribution in [0.3, 0.4) is 0 Å². The van der Waals surface area contributed by atoms with E-state index in [1.54, 1.807) is 13.0 Å². The lowest BCUT2D eigenvalue weighted by Crippen LogP contribution is -2.54. The molecule has 8 nitrogen and oxygen atoms in total. The zero-order valence-corrected chi connectivity index (χ0v) is 19.2. The summed E-state index contributed by atoms with van der Waals surface area (Å²) in [5, 5.41) is 12.1. The Morgan fingerprint density at radius 1 is 1.06 bits per heavy atom. The number of anilines is 1. The number of halogens is 1. The number of rotatable bonds is 6. The summed E-state index contributed by atoms with van der Waals surface area (Å²) in [5.74, 6) is -2.86. The number of carboxylic acids is 1. The molecule has 0 aromatic heterocycles. The molecule has 3 aromatic rings. The number of benzene rings is 3. The summed E-state index contributed by atoms with van der Waals surface area (Å²) in [6.45, 7) is 1.94. The van der Waals surface area contributed by atoms with Gasteiger partial charge in [-0.25, -0.2) is 14.5 Å². The van der Waals surface area contributed by atoms with Gasteiger partial charge in [-0.1, -0.05) is 54.1 Å². The van der Waals surface area contributed by atoms with Gasteiger partial charge >= 0.3 is 12.0 Å². The third-order valence-electron chi connectivity index (χ3n) is 5.30. The van der Waals surface area contributed by atoms with Gasteiger partial charge < -0.3 is 9.84 Å². The first kappa shape index (κ1) is 23.7. The molecule has 0 atom stereocenters. The molecular weight excluding hydrogens is 472 g/mol. The third kappa shape index (κ3) is 5.07. The number of imide groups is 2. The van der Waals surface area contributed by atoms with Gasteiger partial charge in [-0.05, 0) is 54.0 Å². The van der Waals surface area contributed by atoms with E-state index in [0.29, 0.717) is 5.02 Å². The molecule has 176 valence electrons. The minimum Gasteiger partial charge on any atom is -0.488 e. The van der Waals surface area contributed by atoms with Crippen molar-refractivity contribution in [3.8, 4) is 5.75 Å². The van der Waals surface area contributed by atoms with E-state index in [9.17, 15) is 24.3 Å². The molecule has 9 heteroatoms. The van der Waals surface area contributed by atoms with E-state index in [2.05, 4.69) is 5.32 Å². The number of aryl methyl sites for hydroxylation is 1. The largest absolute Gasteiger partial charge is 0.488 e. The summed E-state index contributed by atoms with van der Waals surface area (Å²) < 4.78 is 5.67. The number of nitrogens with zero attached hydrogens (tertiary/aromatic N) is 1. The van der Waals surface area contributed by atoms with E-state index in [1.165, 1.54) is 36.4 Å². The van der Waals surface area contributed by atoms with Crippen molar-refractivity contribution in [2.24, 2.45) is 0 Å². The first-order chi connectivity index (χ1) is 16.7. The lowest BCUT2D eigenvalue weighted by molar-refractivity contribution is -0.122. The quantitative estimate of drug-likeness (QED) is 0.386. The number of carbonyl (C=O) groups excluding carboxylic acids is 3. The maximum atomic E-state index is 13.1. The fraction of sp³-hybridized carbons (Fsp3) is 0.0769. The molecule has 1 aliphatic rings. The lowest BCUT2D eigenvalue weighted by Gasteiger charge is -2.26. The number of amides is 4. The van der Waals surface area contributed by atoms with Crippen LogP contribution in [-0.4, -0.2) is 28.9 Å². The average molecular weight is 491 g/mol. The van der Waals surface area contributed by atoms with Gasteiger partial charge in [0.2, 0.25) is 0 Å². The number of ether oxygens (including phenoxy) is 1. The number of hydrogen-bond donors (Lipinski definition) is 2. The smallest absolute Gasteiger partial charge is 0.339 e. The fourth-order valence-corrected chi connectivity index (χ4v) is 3.62. The molecule has 1 heterocycles. The number of nitrogens with one attached hydrogen (secondary N) is 1. The van der Waals surface area contributed by atoms with Crippen LogP contribution in [0, 0.1) is 6.92 Å². The zero-order chi connectivity index (χ0) is 25.1. The Labute approximate surface area is 205 Å². The van der Waals surface area contributed by atoms with Gasteiger partial charge in [0.15, 0.2) is 0 Å². The van der Waals surface area contributed by atoms with Crippen molar-refractivity contribution < 1.29 is 29.0 Å². The highest BCUT2D eigenvalue weighted by atomic mass is 35.5. The molecule has 35 heavy (non-hydrogen) atoms. The van der Waals surface area contributed by atoms with E-state index in [4.69, 9.17) is 16.3 Å². The van der Waals surface area contributed by atoms with Crippen molar-refractivity contribution in [3.63, 3.8) is 0 Å². The molecule has 0 unspecified atom stereocenters. The number of aromatic carboxylic acids is 1. The second-order valence-electron chi connectivity index (χ2n) is 7.73. The Kier molecular flexibility index (Phi) is 6.66. The van der Waals surface area contributed by atoms with Gasteiger partial charge in [0.25, 0.3) is 11.8 Å². The Hall–Kier alpha value is -4.43. The normalized spacial score (nSPS) is 14.7. The van der Waals surface area contributed by atoms with Crippen LogP contribution in [0.25, 0.3) is 6.08 Å². The van der Waals surface area contributed by atoms with Crippen LogP contribution in [-0.2, 0) is 16.2 Å². The van der Waals surface area contributed by atoms with E-state index in [-0.39, 0.29) is 34.7 Å². The minimum atomic E-state index is -1.24. The van der Waals surface area contributed by atoms with Gasteiger partial charge in [0.05, 0.1) is 5.69 Å². The van der Waals surface area contributed by atoms with Crippen molar-refractivity contribution in [2.75, 3.05) is 4.90 Å². The van der Waals surface area contributed by atoms with E-state index in [1.807, 2.05) is 30.3 Å². The molecule has 2 N–H and O–H groups in total. The van der Waals surface area contributed by atoms with Crippen LogP contribution in [0.15, 0.2) is 72.3 Å². The number of urea groups is 1. The van der Waals surface area contributed by atoms with Gasteiger partial charge in [-0.2, -0.15) is 0 Å². The molecule has 3 aromatic carbocycles. The number of barbiturate groups is 1. The molecule has 1 aliphatic heterocycles. The summed E-state index contributed by atoms with van der Waals surface area (Å²) in [4.78, 5) is 50.6. The van der Waals surface area contributed by atoms with Crippen molar-refractivity contribution in [1.82, 2.24) is 5.32 Å². The van der Waals surface area contributed by atoms with E-state index < -0.39 is 23.8 Å². The summed E-state index contributed by atoms with van der Waals surface area (Å²) in [6.07, 6.45) is 1.22. The third-order valence-corrected chi connectivity index (χ3v) is 5.70. The highest BCUT2D eigenvalue weighted by Gasteiger charge is 2.37. The zero-order valence-electron chi connectivity index (χ0n) is 18.4. The Morgan fingerprint density at radius 2 is 1.80 bits per heavy atom. The molecule has 0 bridgehead atoms. The van der Waals surface area contributed by atoms with Crippen LogP contribution in [0.2, 0.25) is 5.02 Å². The highest BCUT2D eigenvalue weighted by molar-refractivity contribution is 6.39. The second-order valence-corrected chi connectivity index (χ2v) is 8.13. The minimum absolute atomic E-state index is 0.133. The Balaban J connectivity index is 1.65. The lowest BCUT2D eigenvalue weighted by atomic mass is 10.0. The van der Waals surface area contributed by atoms with Crippen LogP contribution < -0.4 is 15.0 Å². The average Bonchev–Trinajstić information content (AvgIpc) is 2.83. The maximum absolute atomic E-state index is 13.1. The summed E-state index contributed by atoms with van der Waals surface area (Å²) in [7, 11) is 0. The monoisotopic (exact) mass is 490 g/mol. The molecule has 1 fully saturated rings. The first-order valence-corrected chi connectivity index (χ1v) is 10.8.